The number of nitrogens with one attached hydrogen (secondary N) is 1. The summed E-state index contributed by atoms with van der Waals surface area (Å²) in [5, 5.41) is 32.7. The molecule has 5 nitrogen and oxygen atoms in total. The summed E-state index contributed by atoms with van der Waals surface area (Å²) in [6, 6.07) is -0.734. The highest BCUT2D eigenvalue weighted by molar-refractivity contribution is 5.76. The second-order valence-electron chi connectivity index (χ2n) is 10.4. The number of amides is 1. The lowest BCUT2D eigenvalue weighted by molar-refractivity contribution is -0.124. The van der Waals surface area contributed by atoms with Crippen LogP contribution >= 0.6 is 0 Å². The molecule has 0 saturated heterocycles. The van der Waals surface area contributed by atoms with Gasteiger partial charge in [0.05, 0.1) is 31.3 Å². The Morgan fingerprint density at radius 2 is 1.17 bits per heavy atom. The Labute approximate surface area is 217 Å². The van der Waals surface area contributed by atoms with Crippen molar-refractivity contribution in [3.05, 3.63) is 12.2 Å². The number of unbranched alkanes of at least 4 members (excludes halogenated alkanes) is 17. The lowest BCUT2D eigenvalue weighted by atomic mass is 10.0. The minimum Gasteiger partial charge on any atom is -0.394 e. The maximum atomic E-state index is 12.2. The molecule has 3 unspecified atom stereocenters. The van der Waals surface area contributed by atoms with Crippen LogP contribution in [-0.4, -0.2) is 46.1 Å². The van der Waals surface area contributed by atoms with Crippen molar-refractivity contribution in [2.24, 2.45) is 0 Å². The molecule has 0 radical (unpaired) electrons. The summed E-state index contributed by atoms with van der Waals surface area (Å²) in [6.07, 6.45) is 26.2. The van der Waals surface area contributed by atoms with Crippen LogP contribution in [0.5, 0.6) is 0 Å². The van der Waals surface area contributed by atoms with Gasteiger partial charge in [-0.1, -0.05) is 135 Å². The molecule has 4 N–H and O–H groups in total. The van der Waals surface area contributed by atoms with Gasteiger partial charge in [-0.3, -0.25) is 4.79 Å². The van der Waals surface area contributed by atoms with E-state index in [-0.39, 0.29) is 18.9 Å². The molecule has 0 aromatic heterocycles. The maximum Gasteiger partial charge on any atom is 0.222 e. The maximum absolute atomic E-state index is 12.2. The second-order valence-corrected chi connectivity index (χ2v) is 10.4. The van der Waals surface area contributed by atoms with Gasteiger partial charge >= 0.3 is 0 Å². The number of carbonyl (C=O) groups excluding carboxylic acids is 1. The van der Waals surface area contributed by atoms with Crippen LogP contribution in [0.15, 0.2) is 12.2 Å². The van der Waals surface area contributed by atoms with Crippen molar-refractivity contribution in [2.45, 2.75) is 167 Å². The fourth-order valence-corrected chi connectivity index (χ4v) is 4.45. The van der Waals surface area contributed by atoms with Crippen molar-refractivity contribution in [3.8, 4) is 0 Å². The molecule has 0 fully saturated rings. The average molecular weight is 498 g/mol. The number of rotatable bonds is 26. The van der Waals surface area contributed by atoms with Crippen LogP contribution in [0.25, 0.3) is 0 Å². The van der Waals surface area contributed by atoms with Crippen LogP contribution in [0.1, 0.15) is 149 Å². The molecule has 0 bridgehead atoms. The Morgan fingerprint density at radius 1 is 0.714 bits per heavy atom. The minimum atomic E-state index is -0.920. The SMILES string of the molecule is CCCCCCCCCCCCC/C=C/C(O)C(CO)NC(=O)CC(O)CCCCCCCCC. The Morgan fingerprint density at radius 3 is 1.66 bits per heavy atom. The zero-order valence-electron chi connectivity index (χ0n) is 23.2. The van der Waals surface area contributed by atoms with Gasteiger partial charge in [-0.25, -0.2) is 0 Å². The van der Waals surface area contributed by atoms with E-state index in [0.717, 1.165) is 25.7 Å². The first-order valence-electron chi connectivity index (χ1n) is 15.0. The van der Waals surface area contributed by atoms with Gasteiger partial charge in [0.2, 0.25) is 5.91 Å². The summed E-state index contributed by atoms with van der Waals surface area (Å²) < 4.78 is 0. The number of hydrogen-bond acceptors (Lipinski definition) is 4. The van der Waals surface area contributed by atoms with Gasteiger partial charge in [0.1, 0.15) is 0 Å². The van der Waals surface area contributed by atoms with Gasteiger partial charge in [0, 0.05) is 0 Å². The Hall–Kier alpha value is -0.910. The normalized spacial score (nSPS) is 14.3. The fraction of sp³-hybridized carbons (Fsp3) is 0.900. The monoisotopic (exact) mass is 497 g/mol. The highest BCUT2D eigenvalue weighted by atomic mass is 16.3. The average Bonchev–Trinajstić information content (AvgIpc) is 2.84. The highest BCUT2D eigenvalue weighted by Crippen LogP contribution is 2.13. The summed E-state index contributed by atoms with van der Waals surface area (Å²) in [7, 11) is 0. The first-order chi connectivity index (χ1) is 17.0. The molecule has 0 aromatic rings. The fourth-order valence-electron chi connectivity index (χ4n) is 4.45. The number of hydrogen-bond donors (Lipinski definition) is 4. The van der Waals surface area contributed by atoms with Crippen molar-refractivity contribution < 1.29 is 20.1 Å². The van der Waals surface area contributed by atoms with Gasteiger partial charge in [0.15, 0.2) is 0 Å². The molecule has 5 heteroatoms. The molecule has 0 spiro atoms. The van der Waals surface area contributed by atoms with E-state index in [1.165, 1.54) is 96.3 Å². The van der Waals surface area contributed by atoms with E-state index in [0.29, 0.717) is 6.42 Å². The molecule has 35 heavy (non-hydrogen) atoms. The Kier molecular flexibility index (Phi) is 25.5. The van der Waals surface area contributed by atoms with Crippen LogP contribution in [0.2, 0.25) is 0 Å². The molecule has 0 heterocycles. The van der Waals surface area contributed by atoms with Gasteiger partial charge in [0.25, 0.3) is 0 Å². The molecular weight excluding hydrogens is 438 g/mol. The standard InChI is InChI=1S/C30H59NO4/c1-3-5-7-9-11-12-13-14-15-16-18-20-22-24-29(34)28(26-32)31-30(35)25-27(33)23-21-19-17-10-8-6-4-2/h22,24,27-29,32-34H,3-21,23,25-26H2,1-2H3,(H,31,35)/b24-22+. The number of aliphatic hydroxyl groups is 3. The summed E-state index contributed by atoms with van der Waals surface area (Å²) in [4.78, 5) is 12.2. The lowest BCUT2D eigenvalue weighted by Crippen LogP contribution is -2.45. The van der Waals surface area contributed by atoms with E-state index in [9.17, 15) is 20.1 Å². The van der Waals surface area contributed by atoms with Gasteiger partial charge in [-0.2, -0.15) is 0 Å². The number of carbonyl (C=O) groups is 1. The summed E-state index contributed by atoms with van der Waals surface area (Å²) >= 11 is 0. The number of aliphatic hydroxyl groups excluding tert-OH is 3. The van der Waals surface area contributed by atoms with Gasteiger partial charge in [-0.05, 0) is 19.3 Å². The van der Waals surface area contributed by atoms with Gasteiger partial charge in [-0.15, -0.1) is 0 Å². The minimum absolute atomic E-state index is 0.0154. The molecule has 0 aliphatic carbocycles. The van der Waals surface area contributed by atoms with E-state index >= 15 is 0 Å². The largest absolute Gasteiger partial charge is 0.394 e. The first-order valence-corrected chi connectivity index (χ1v) is 15.0. The predicted octanol–water partition coefficient (Wildman–Crippen LogP) is 6.97. The quantitative estimate of drug-likeness (QED) is 0.0767. The van der Waals surface area contributed by atoms with Crippen molar-refractivity contribution >= 4 is 5.91 Å². The molecule has 1 amide bonds. The predicted molar refractivity (Wildman–Crippen MR) is 148 cm³/mol. The highest BCUT2D eigenvalue weighted by Gasteiger charge is 2.20. The van der Waals surface area contributed by atoms with E-state index in [4.69, 9.17) is 0 Å². The van der Waals surface area contributed by atoms with Crippen LogP contribution in [0, 0.1) is 0 Å². The number of allylic oxidation sites excluding steroid dienone is 1. The van der Waals surface area contributed by atoms with E-state index in [1.807, 2.05) is 6.08 Å². The zero-order chi connectivity index (χ0) is 26.0. The Bertz CT molecular complexity index is 483. The van der Waals surface area contributed by atoms with Crippen LogP contribution in [0.4, 0.5) is 0 Å². The Balaban J connectivity index is 3.82. The van der Waals surface area contributed by atoms with Crippen LogP contribution in [-0.2, 0) is 4.79 Å². The zero-order valence-corrected chi connectivity index (χ0v) is 23.2. The van der Waals surface area contributed by atoms with Crippen molar-refractivity contribution in [1.29, 1.82) is 0 Å². The van der Waals surface area contributed by atoms with Crippen LogP contribution < -0.4 is 5.32 Å². The lowest BCUT2D eigenvalue weighted by Gasteiger charge is -2.21. The molecule has 0 aliphatic heterocycles. The van der Waals surface area contributed by atoms with Crippen molar-refractivity contribution in [3.63, 3.8) is 0 Å². The van der Waals surface area contributed by atoms with Gasteiger partial charge < -0.3 is 20.6 Å². The smallest absolute Gasteiger partial charge is 0.222 e. The molecule has 0 rings (SSSR count). The summed E-state index contributed by atoms with van der Waals surface area (Å²) in [5.74, 6) is -0.322. The van der Waals surface area contributed by atoms with E-state index < -0.39 is 18.2 Å². The molecule has 208 valence electrons. The summed E-state index contributed by atoms with van der Waals surface area (Å²) in [5.41, 5.74) is 0. The van der Waals surface area contributed by atoms with Crippen molar-refractivity contribution in [2.75, 3.05) is 6.61 Å². The second kappa shape index (κ2) is 26.2. The van der Waals surface area contributed by atoms with E-state index in [2.05, 4.69) is 19.2 Å². The molecule has 0 aliphatic rings. The van der Waals surface area contributed by atoms with E-state index in [1.54, 1.807) is 6.08 Å². The summed E-state index contributed by atoms with van der Waals surface area (Å²) in [6.45, 7) is 4.13. The first kappa shape index (κ1) is 34.1. The molecule has 0 saturated carbocycles. The third-order valence-corrected chi connectivity index (χ3v) is 6.82. The third-order valence-electron chi connectivity index (χ3n) is 6.82. The molecular formula is C30H59NO4. The van der Waals surface area contributed by atoms with Crippen LogP contribution in [0.3, 0.4) is 0 Å². The topological polar surface area (TPSA) is 89.8 Å². The van der Waals surface area contributed by atoms with Crippen molar-refractivity contribution in [1.82, 2.24) is 5.32 Å². The third kappa shape index (κ3) is 23.3. The molecule has 0 aromatic carbocycles. The molecule has 3 atom stereocenters.